The van der Waals surface area contributed by atoms with Crippen molar-refractivity contribution < 1.29 is 14.3 Å². The molecule has 0 aliphatic carbocycles. The van der Waals surface area contributed by atoms with Crippen molar-refractivity contribution >= 4 is 5.91 Å². The highest BCUT2D eigenvalue weighted by molar-refractivity contribution is 5.79. The van der Waals surface area contributed by atoms with E-state index in [1.54, 1.807) is 0 Å². The molecule has 2 aromatic rings. The molecule has 0 bridgehead atoms. The van der Waals surface area contributed by atoms with Crippen molar-refractivity contribution in [2.24, 2.45) is 0 Å². The molecular weight excluding hydrogens is 290 g/mol. The van der Waals surface area contributed by atoms with Crippen molar-refractivity contribution in [3.8, 4) is 11.5 Å². The van der Waals surface area contributed by atoms with E-state index in [4.69, 9.17) is 9.47 Å². The van der Waals surface area contributed by atoms with Crippen LogP contribution in [-0.4, -0.2) is 25.2 Å². The maximum absolute atomic E-state index is 12.2. The van der Waals surface area contributed by atoms with E-state index in [0.717, 1.165) is 29.0 Å². The van der Waals surface area contributed by atoms with E-state index in [1.165, 1.54) is 0 Å². The first-order valence-corrected chi connectivity index (χ1v) is 7.96. The second-order valence-corrected chi connectivity index (χ2v) is 5.64. The number of carbonyl (C=O) groups is 1. The van der Waals surface area contributed by atoms with Crippen LogP contribution >= 0.6 is 0 Å². The quantitative estimate of drug-likeness (QED) is 0.923. The van der Waals surface area contributed by atoms with Crippen LogP contribution in [0.5, 0.6) is 11.5 Å². The number of rotatable bonds is 5. The van der Waals surface area contributed by atoms with E-state index in [2.05, 4.69) is 5.32 Å². The fraction of sp³-hybridized carbons (Fsp3) is 0.316. The predicted molar refractivity (Wildman–Crippen MR) is 88.9 cm³/mol. The summed E-state index contributed by atoms with van der Waals surface area (Å²) in [4.78, 5) is 12.2. The van der Waals surface area contributed by atoms with Gasteiger partial charge in [0.25, 0.3) is 0 Å². The van der Waals surface area contributed by atoms with Crippen LogP contribution in [-0.2, 0) is 17.6 Å². The lowest BCUT2D eigenvalue weighted by Gasteiger charge is -2.26. The zero-order valence-corrected chi connectivity index (χ0v) is 13.2. The average Bonchev–Trinajstić information content (AvgIpc) is 2.57. The van der Waals surface area contributed by atoms with Crippen LogP contribution in [0.25, 0.3) is 0 Å². The minimum Gasteiger partial charge on any atom is -0.494 e. The van der Waals surface area contributed by atoms with Crippen LogP contribution in [0.2, 0.25) is 0 Å². The maximum Gasteiger partial charge on any atom is 0.224 e. The van der Waals surface area contributed by atoms with Crippen LogP contribution < -0.4 is 14.8 Å². The van der Waals surface area contributed by atoms with Gasteiger partial charge in [0, 0.05) is 0 Å². The summed E-state index contributed by atoms with van der Waals surface area (Å²) in [7, 11) is 0. The lowest BCUT2D eigenvalue weighted by Crippen LogP contribution is -2.43. The second kappa shape index (κ2) is 7.18. The first-order valence-electron chi connectivity index (χ1n) is 7.96. The first-order chi connectivity index (χ1) is 11.2. The zero-order valence-electron chi connectivity index (χ0n) is 13.2. The van der Waals surface area contributed by atoms with E-state index in [1.807, 2.05) is 55.5 Å². The third kappa shape index (κ3) is 4.03. The summed E-state index contributed by atoms with van der Waals surface area (Å²) in [6, 6.07) is 15.6. The van der Waals surface area contributed by atoms with Crippen LogP contribution in [0.1, 0.15) is 18.1 Å². The molecule has 120 valence electrons. The number of amides is 1. The van der Waals surface area contributed by atoms with Crippen molar-refractivity contribution in [3.63, 3.8) is 0 Å². The molecule has 1 heterocycles. The second-order valence-electron chi connectivity index (χ2n) is 5.64. The lowest BCUT2D eigenvalue weighted by molar-refractivity contribution is -0.121. The first kappa shape index (κ1) is 15.4. The summed E-state index contributed by atoms with van der Waals surface area (Å²) in [6.07, 6.45) is 1.18. The van der Waals surface area contributed by atoms with Crippen LogP contribution in [0, 0.1) is 0 Å². The number of benzene rings is 2. The number of ether oxygens (including phenoxy) is 2. The number of fused-ring (bicyclic) bond motifs is 1. The number of nitrogens with one attached hydrogen (secondary N) is 1. The molecule has 1 unspecified atom stereocenters. The number of carbonyl (C=O) groups excluding carboxylic acids is 1. The summed E-state index contributed by atoms with van der Waals surface area (Å²) < 4.78 is 11.1. The number of hydrogen-bond donors (Lipinski definition) is 1. The van der Waals surface area contributed by atoms with Gasteiger partial charge in [-0.2, -0.15) is 0 Å². The van der Waals surface area contributed by atoms with Crippen LogP contribution in [0.4, 0.5) is 0 Å². The summed E-state index contributed by atoms with van der Waals surface area (Å²) in [6.45, 7) is 3.11. The molecular formula is C19H21NO3. The molecule has 0 saturated heterocycles. The number of hydrogen-bond acceptors (Lipinski definition) is 3. The van der Waals surface area contributed by atoms with Gasteiger partial charge in [0.15, 0.2) is 0 Å². The molecule has 0 spiro atoms. The van der Waals surface area contributed by atoms with Gasteiger partial charge in [-0.05, 0) is 42.7 Å². The summed E-state index contributed by atoms with van der Waals surface area (Å²) in [5, 5.41) is 3.05. The fourth-order valence-corrected chi connectivity index (χ4v) is 2.76. The van der Waals surface area contributed by atoms with Gasteiger partial charge >= 0.3 is 0 Å². The monoisotopic (exact) mass is 311 g/mol. The Bertz CT molecular complexity index is 667. The third-order valence-corrected chi connectivity index (χ3v) is 3.84. The number of para-hydroxylation sites is 1. The Morgan fingerprint density at radius 3 is 2.78 bits per heavy atom. The van der Waals surface area contributed by atoms with Crippen molar-refractivity contribution in [1.82, 2.24) is 5.32 Å². The molecule has 4 heteroatoms. The molecule has 1 atom stereocenters. The van der Waals surface area contributed by atoms with E-state index in [0.29, 0.717) is 19.6 Å². The van der Waals surface area contributed by atoms with E-state index >= 15 is 0 Å². The predicted octanol–water partition coefficient (Wildman–Crippen LogP) is 2.75. The summed E-state index contributed by atoms with van der Waals surface area (Å²) in [5.41, 5.74) is 2.12. The molecule has 1 N–H and O–H groups in total. The van der Waals surface area contributed by atoms with E-state index < -0.39 is 0 Å². The molecule has 2 aromatic carbocycles. The van der Waals surface area contributed by atoms with Gasteiger partial charge in [0.1, 0.15) is 18.1 Å². The molecule has 0 saturated carbocycles. The molecule has 1 aliphatic heterocycles. The minimum absolute atomic E-state index is 0.0159. The Kier molecular flexibility index (Phi) is 4.81. The third-order valence-electron chi connectivity index (χ3n) is 3.84. The Hall–Kier alpha value is -2.49. The highest BCUT2D eigenvalue weighted by Crippen LogP contribution is 2.23. The Morgan fingerprint density at radius 1 is 1.22 bits per heavy atom. The molecule has 0 fully saturated rings. The largest absolute Gasteiger partial charge is 0.494 e. The van der Waals surface area contributed by atoms with Crippen molar-refractivity contribution in [2.45, 2.75) is 25.8 Å². The van der Waals surface area contributed by atoms with Crippen LogP contribution in [0.3, 0.4) is 0 Å². The standard InChI is InChI=1S/C19H21NO3/c1-2-22-17-9-7-14(8-10-17)11-19(21)20-16-12-15-5-3-4-6-18(15)23-13-16/h3-10,16H,2,11-13H2,1H3,(H,20,21). The Balaban J connectivity index is 1.54. The zero-order chi connectivity index (χ0) is 16.1. The molecule has 0 aromatic heterocycles. The lowest BCUT2D eigenvalue weighted by atomic mass is 10.0. The van der Waals surface area contributed by atoms with Gasteiger partial charge in [0.2, 0.25) is 5.91 Å². The summed E-state index contributed by atoms with van der Waals surface area (Å²) in [5.74, 6) is 1.76. The SMILES string of the molecule is CCOc1ccc(CC(=O)NC2COc3ccccc3C2)cc1. The van der Waals surface area contributed by atoms with Gasteiger partial charge in [-0.15, -0.1) is 0 Å². The Labute approximate surface area is 136 Å². The molecule has 3 rings (SSSR count). The normalized spacial score (nSPS) is 16.1. The van der Waals surface area contributed by atoms with Crippen molar-refractivity contribution in [3.05, 3.63) is 59.7 Å². The maximum atomic E-state index is 12.2. The molecule has 0 radical (unpaired) electrons. The fourth-order valence-electron chi connectivity index (χ4n) is 2.76. The van der Waals surface area contributed by atoms with Gasteiger partial charge in [-0.3, -0.25) is 4.79 Å². The van der Waals surface area contributed by atoms with E-state index in [-0.39, 0.29) is 11.9 Å². The highest BCUT2D eigenvalue weighted by Gasteiger charge is 2.20. The summed E-state index contributed by atoms with van der Waals surface area (Å²) >= 11 is 0. The smallest absolute Gasteiger partial charge is 0.224 e. The molecule has 1 aliphatic rings. The topological polar surface area (TPSA) is 47.6 Å². The Morgan fingerprint density at radius 2 is 2.00 bits per heavy atom. The highest BCUT2D eigenvalue weighted by atomic mass is 16.5. The van der Waals surface area contributed by atoms with Gasteiger partial charge in [0.05, 0.1) is 19.1 Å². The molecule has 1 amide bonds. The van der Waals surface area contributed by atoms with Crippen molar-refractivity contribution in [2.75, 3.05) is 13.2 Å². The van der Waals surface area contributed by atoms with Crippen molar-refractivity contribution in [1.29, 1.82) is 0 Å². The van der Waals surface area contributed by atoms with Gasteiger partial charge < -0.3 is 14.8 Å². The molecule has 23 heavy (non-hydrogen) atoms. The van der Waals surface area contributed by atoms with E-state index in [9.17, 15) is 4.79 Å². The van der Waals surface area contributed by atoms with Gasteiger partial charge in [-0.25, -0.2) is 0 Å². The van der Waals surface area contributed by atoms with Gasteiger partial charge in [-0.1, -0.05) is 30.3 Å². The average molecular weight is 311 g/mol. The minimum atomic E-state index is 0.0159. The van der Waals surface area contributed by atoms with Crippen LogP contribution in [0.15, 0.2) is 48.5 Å². The molecule has 4 nitrogen and oxygen atoms in total.